The molecule has 0 aromatic heterocycles. The molecule has 0 aliphatic carbocycles. The summed E-state index contributed by atoms with van der Waals surface area (Å²) in [6, 6.07) is 11.3. The molecule has 2 aromatic rings. The molecule has 6 heteroatoms. The summed E-state index contributed by atoms with van der Waals surface area (Å²) in [6.45, 7) is 0.780. The van der Waals surface area contributed by atoms with Crippen molar-refractivity contribution in [2.45, 2.75) is 6.42 Å². The summed E-state index contributed by atoms with van der Waals surface area (Å²) in [5.74, 6) is 0.107. The third-order valence-electron chi connectivity index (χ3n) is 3.22. The average Bonchev–Trinajstić information content (AvgIpc) is 2.53. The predicted octanol–water partition coefficient (Wildman–Crippen LogP) is 3.26. The van der Waals surface area contributed by atoms with E-state index in [4.69, 9.17) is 16.3 Å². The highest BCUT2D eigenvalue weighted by molar-refractivity contribution is 6.31. The van der Waals surface area contributed by atoms with Gasteiger partial charge in [-0.25, -0.2) is 4.39 Å². The lowest BCUT2D eigenvalue weighted by molar-refractivity contribution is -0.115. The zero-order chi connectivity index (χ0) is 16.7. The maximum Gasteiger partial charge on any atom is 0.238 e. The lowest BCUT2D eigenvalue weighted by atomic mass is 10.1. The van der Waals surface area contributed by atoms with Crippen LogP contribution in [0.5, 0.6) is 5.75 Å². The quantitative estimate of drug-likeness (QED) is 0.763. The molecule has 4 nitrogen and oxygen atoms in total. The Bertz CT molecular complexity index is 662. The summed E-state index contributed by atoms with van der Waals surface area (Å²) in [7, 11) is 1.53. The van der Waals surface area contributed by atoms with Gasteiger partial charge in [-0.2, -0.15) is 0 Å². The van der Waals surface area contributed by atoms with Crippen LogP contribution in [0.1, 0.15) is 5.56 Å². The molecule has 23 heavy (non-hydrogen) atoms. The second-order valence-corrected chi connectivity index (χ2v) is 5.38. The van der Waals surface area contributed by atoms with Gasteiger partial charge in [0, 0.05) is 5.02 Å². The number of hydrogen-bond acceptors (Lipinski definition) is 3. The van der Waals surface area contributed by atoms with Gasteiger partial charge in [-0.15, -0.1) is 0 Å². The maximum absolute atomic E-state index is 12.8. The van der Waals surface area contributed by atoms with E-state index in [2.05, 4.69) is 10.6 Å². The number of anilines is 1. The Hall–Kier alpha value is -2.11. The summed E-state index contributed by atoms with van der Waals surface area (Å²) < 4.78 is 18.0. The molecule has 0 saturated heterocycles. The van der Waals surface area contributed by atoms with Crippen molar-refractivity contribution in [3.63, 3.8) is 0 Å². The third-order valence-corrected chi connectivity index (χ3v) is 3.46. The van der Waals surface area contributed by atoms with Crippen molar-refractivity contribution in [2.75, 3.05) is 25.5 Å². The van der Waals surface area contributed by atoms with E-state index in [1.807, 2.05) is 0 Å². The number of ether oxygens (including phenoxy) is 1. The van der Waals surface area contributed by atoms with Gasteiger partial charge in [0.1, 0.15) is 11.6 Å². The fourth-order valence-electron chi connectivity index (χ4n) is 2.06. The topological polar surface area (TPSA) is 50.4 Å². The number of methoxy groups -OCH3 is 1. The molecule has 0 heterocycles. The van der Waals surface area contributed by atoms with E-state index < -0.39 is 0 Å². The molecule has 0 spiro atoms. The van der Waals surface area contributed by atoms with Crippen LogP contribution < -0.4 is 15.4 Å². The van der Waals surface area contributed by atoms with E-state index in [1.165, 1.54) is 19.2 Å². The largest absolute Gasteiger partial charge is 0.495 e. The average molecular weight is 337 g/mol. The number of amides is 1. The minimum absolute atomic E-state index is 0.164. The molecule has 0 radical (unpaired) electrons. The van der Waals surface area contributed by atoms with Gasteiger partial charge >= 0.3 is 0 Å². The molecular formula is C17H18ClFN2O2. The Morgan fingerprint density at radius 1 is 1.22 bits per heavy atom. The Morgan fingerprint density at radius 2 is 1.96 bits per heavy atom. The number of carbonyl (C=O) groups is 1. The first kappa shape index (κ1) is 17.2. The maximum atomic E-state index is 12.8. The minimum Gasteiger partial charge on any atom is -0.495 e. The molecule has 2 aromatic carbocycles. The van der Waals surface area contributed by atoms with Crippen molar-refractivity contribution in [3.05, 3.63) is 58.9 Å². The van der Waals surface area contributed by atoms with Crippen LogP contribution in [0.4, 0.5) is 10.1 Å². The number of carbonyl (C=O) groups excluding carboxylic acids is 1. The van der Waals surface area contributed by atoms with Crippen molar-refractivity contribution in [1.29, 1.82) is 0 Å². The van der Waals surface area contributed by atoms with Gasteiger partial charge < -0.3 is 15.4 Å². The summed E-state index contributed by atoms with van der Waals surface area (Å²) in [5, 5.41) is 6.31. The Labute approximate surface area is 139 Å². The van der Waals surface area contributed by atoms with Gasteiger partial charge in [0.15, 0.2) is 0 Å². The van der Waals surface area contributed by atoms with E-state index in [1.54, 1.807) is 30.3 Å². The SMILES string of the molecule is COc1ccc(Cl)cc1NC(=O)CNCCc1ccc(F)cc1. The molecule has 2 rings (SSSR count). The van der Waals surface area contributed by atoms with Crippen LogP contribution in [0.25, 0.3) is 0 Å². The number of benzene rings is 2. The van der Waals surface area contributed by atoms with Crippen LogP contribution in [0.2, 0.25) is 5.02 Å². The van der Waals surface area contributed by atoms with Crippen LogP contribution in [0.3, 0.4) is 0 Å². The van der Waals surface area contributed by atoms with Gasteiger partial charge in [-0.05, 0) is 48.9 Å². The smallest absolute Gasteiger partial charge is 0.238 e. The van der Waals surface area contributed by atoms with E-state index >= 15 is 0 Å². The highest BCUT2D eigenvalue weighted by Crippen LogP contribution is 2.27. The Balaban J connectivity index is 1.77. The van der Waals surface area contributed by atoms with E-state index in [-0.39, 0.29) is 18.3 Å². The zero-order valence-corrected chi connectivity index (χ0v) is 13.5. The van der Waals surface area contributed by atoms with Gasteiger partial charge in [-0.3, -0.25) is 4.79 Å². The normalized spacial score (nSPS) is 10.4. The number of halogens is 2. The van der Waals surface area contributed by atoms with E-state index in [9.17, 15) is 9.18 Å². The van der Waals surface area contributed by atoms with Crippen molar-refractivity contribution in [2.24, 2.45) is 0 Å². The first-order chi connectivity index (χ1) is 11.1. The fraction of sp³-hybridized carbons (Fsp3) is 0.235. The van der Waals surface area contributed by atoms with Crippen LogP contribution in [0.15, 0.2) is 42.5 Å². The van der Waals surface area contributed by atoms with Gasteiger partial charge in [0.25, 0.3) is 0 Å². The fourth-order valence-corrected chi connectivity index (χ4v) is 2.23. The third kappa shape index (κ3) is 5.54. The van der Waals surface area contributed by atoms with E-state index in [0.29, 0.717) is 29.4 Å². The summed E-state index contributed by atoms with van der Waals surface area (Å²) in [4.78, 5) is 11.9. The molecule has 2 N–H and O–H groups in total. The van der Waals surface area contributed by atoms with Crippen molar-refractivity contribution in [3.8, 4) is 5.75 Å². The number of nitrogens with one attached hydrogen (secondary N) is 2. The second-order valence-electron chi connectivity index (χ2n) is 4.95. The first-order valence-electron chi connectivity index (χ1n) is 7.17. The van der Waals surface area contributed by atoms with Crippen LogP contribution >= 0.6 is 11.6 Å². The van der Waals surface area contributed by atoms with Crippen molar-refractivity contribution >= 4 is 23.2 Å². The molecule has 0 saturated carbocycles. The standard InChI is InChI=1S/C17H18ClFN2O2/c1-23-16-7-4-13(18)10-15(16)21-17(22)11-20-9-8-12-2-5-14(19)6-3-12/h2-7,10,20H,8-9,11H2,1H3,(H,21,22). The predicted molar refractivity (Wildman–Crippen MR) is 89.6 cm³/mol. The van der Waals surface area contributed by atoms with Crippen molar-refractivity contribution in [1.82, 2.24) is 5.32 Å². The van der Waals surface area contributed by atoms with Gasteiger partial charge in [0.05, 0.1) is 19.3 Å². The number of hydrogen-bond donors (Lipinski definition) is 2. The van der Waals surface area contributed by atoms with Crippen molar-refractivity contribution < 1.29 is 13.9 Å². The van der Waals surface area contributed by atoms with Crippen LogP contribution in [-0.4, -0.2) is 26.1 Å². The van der Waals surface area contributed by atoms with Gasteiger partial charge in [0.2, 0.25) is 5.91 Å². The molecule has 1 amide bonds. The minimum atomic E-state index is -0.253. The van der Waals surface area contributed by atoms with E-state index in [0.717, 1.165) is 5.56 Å². The lowest BCUT2D eigenvalue weighted by Crippen LogP contribution is -2.29. The highest BCUT2D eigenvalue weighted by atomic mass is 35.5. The Morgan fingerprint density at radius 3 is 2.65 bits per heavy atom. The first-order valence-corrected chi connectivity index (χ1v) is 7.55. The van der Waals surface area contributed by atoms with Gasteiger partial charge in [-0.1, -0.05) is 23.7 Å². The summed E-state index contributed by atoms with van der Waals surface area (Å²) in [5.41, 5.74) is 1.54. The molecular weight excluding hydrogens is 319 g/mol. The summed E-state index contributed by atoms with van der Waals surface area (Å²) >= 11 is 5.91. The van der Waals surface area contributed by atoms with Crippen LogP contribution in [0, 0.1) is 5.82 Å². The molecule has 0 aliphatic heterocycles. The number of rotatable bonds is 7. The zero-order valence-electron chi connectivity index (χ0n) is 12.7. The van der Waals surface area contributed by atoms with Crippen LogP contribution in [-0.2, 0) is 11.2 Å². The lowest BCUT2D eigenvalue weighted by Gasteiger charge is -2.11. The molecule has 0 fully saturated rings. The Kier molecular flexibility index (Phi) is 6.38. The summed E-state index contributed by atoms with van der Waals surface area (Å²) in [6.07, 6.45) is 0.716. The second kappa shape index (κ2) is 8.50. The molecule has 122 valence electrons. The molecule has 0 unspecified atom stereocenters. The monoisotopic (exact) mass is 336 g/mol. The molecule has 0 aliphatic rings. The highest BCUT2D eigenvalue weighted by Gasteiger charge is 2.08. The molecule has 0 bridgehead atoms. The molecule has 0 atom stereocenters.